The molecular formula is C27H25ClN2O5S. The standard InChI is InChI=1S/C27H25ClN2O5S/c1-16(20-5-3-4-6-21(20)28)35-24-14-25(36-26(24)27(31)32)30-23-13-19(11-12-22(23)29)34-15-17-7-9-18(33-2)10-8-17/h3-14,16,30H,15,29H2,1-2H3,(H,31,32)/t16-/m1/s1. The topological polar surface area (TPSA) is 103 Å². The van der Waals surface area contributed by atoms with Crippen molar-refractivity contribution in [3.8, 4) is 17.2 Å². The monoisotopic (exact) mass is 524 g/mol. The lowest BCUT2D eigenvalue weighted by molar-refractivity contribution is 0.0696. The first-order valence-corrected chi connectivity index (χ1v) is 12.2. The van der Waals surface area contributed by atoms with Crippen LogP contribution in [0.5, 0.6) is 17.2 Å². The Hall–Kier alpha value is -3.88. The van der Waals surface area contributed by atoms with E-state index in [9.17, 15) is 9.90 Å². The van der Waals surface area contributed by atoms with Crippen LogP contribution in [0.4, 0.5) is 16.4 Å². The minimum absolute atomic E-state index is 0.0712. The second kappa shape index (κ2) is 11.2. The van der Waals surface area contributed by atoms with Crippen molar-refractivity contribution in [1.29, 1.82) is 0 Å². The van der Waals surface area contributed by atoms with Gasteiger partial charge in [-0.25, -0.2) is 4.79 Å². The summed E-state index contributed by atoms with van der Waals surface area (Å²) in [6.07, 6.45) is -0.445. The normalized spacial score (nSPS) is 11.5. The molecule has 0 bridgehead atoms. The lowest BCUT2D eigenvalue weighted by Crippen LogP contribution is -2.06. The van der Waals surface area contributed by atoms with Crippen LogP contribution in [-0.4, -0.2) is 18.2 Å². The molecule has 0 amide bonds. The summed E-state index contributed by atoms with van der Waals surface area (Å²) in [5.41, 5.74) is 9.00. The van der Waals surface area contributed by atoms with Gasteiger partial charge >= 0.3 is 5.97 Å². The zero-order chi connectivity index (χ0) is 25.7. The van der Waals surface area contributed by atoms with Gasteiger partial charge in [-0.3, -0.25) is 0 Å². The summed E-state index contributed by atoms with van der Waals surface area (Å²) >= 11 is 7.33. The average molecular weight is 525 g/mol. The van der Waals surface area contributed by atoms with Crippen LogP contribution in [0.15, 0.2) is 72.8 Å². The first-order chi connectivity index (χ1) is 17.3. The molecule has 0 spiro atoms. The van der Waals surface area contributed by atoms with Gasteiger partial charge in [0.1, 0.15) is 30.0 Å². The van der Waals surface area contributed by atoms with Crippen LogP contribution in [0.25, 0.3) is 0 Å². The molecule has 1 aromatic heterocycles. The van der Waals surface area contributed by atoms with E-state index in [-0.39, 0.29) is 10.6 Å². The molecule has 4 aromatic rings. The molecule has 3 aromatic carbocycles. The Morgan fingerprint density at radius 2 is 1.81 bits per heavy atom. The van der Waals surface area contributed by atoms with Crippen molar-refractivity contribution in [2.75, 3.05) is 18.2 Å². The highest BCUT2D eigenvalue weighted by molar-refractivity contribution is 7.18. The summed E-state index contributed by atoms with van der Waals surface area (Å²) in [4.78, 5) is 11.9. The van der Waals surface area contributed by atoms with Crippen molar-refractivity contribution in [3.63, 3.8) is 0 Å². The van der Waals surface area contributed by atoms with Gasteiger partial charge < -0.3 is 30.4 Å². The number of benzene rings is 3. The van der Waals surface area contributed by atoms with Crippen LogP contribution in [0.3, 0.4) is 0 Å². The van der Waals surface area contributed by atoms with E-state index in [2.05, 4.69) is 5.32 Å². The second-order valence-electron chi connectivity index (χ2n) is 7.90. The molecule has 0 saturated heterocycles. The highest BCUT2D eigenvalue weighted by atomic mass is 35.5. The molecule has 0 unspecified atom stereocenters. The number of nitrogens with two attached hydrogens (primary N) is 1. The van der Waals surface area contributed by atoms with Gasteiger partial charge in [0, 0.05) is 22.7 Å². The van der Waals surface area contributed by atoms with Crippen molar-refractivity contribution in [3.05, 3.63) is 93.8 Å². The largest absolute Gasteiger partial charge is 0.497 e. The molecule has 0 radical (unpaired) electrons. The van der Waals surface area contributed by atoms with Gasteiger partial charge in [-0.15, -0.1) is 11.3 Å². The molecule has 1 heterocycles. The van der Waals surface area contributed by atoms with E-state index in [1.54, 1.807) is 37.4 Å². The van der Waals surface area contributed by atoms with E-state index in [0.717, 1.165) is 28.2 Å². The molecule has 186 valence electrons. The first-order valence-electron chi connectivity index (χ1n) is 11.0. The van der Waals surface area contributed by atoms with Crippen molar-refractivity contribution in [2.24, 2.45) is 0 Å². The number of ether oxygens (including phenoxy) is 3. The third kappa shape index (κ3) is 6.02. The fraction of sp³-hybridized carbons (Fsp3) is 0.148. The first kappa shape index (κ1) is 25.2. The number of thiophene rings is 1. The van der Waals surface area contributed by atoms with E-state index in [4.69, 9.17) is 31.5 Å². The Morgan fingerprint density at radius 3 is 2.50 bits per heavy atom. The molecule has 0 saturated carbocycles. The van der Waals surface area contributed by atoms with Gasteiger partial charge in [-0.1, -0.05) is 41.9 Å². The fourth-order valence-corrected chi connectivity index (χ4v) is 4.62. The molecule has 0 aliphatic carbocycles. The number of hydrogen-bond donors (Lipinski definition) is 3. The van der Waals surface area contributed by atoms with Gasteiger partial charge in [0.2, 0.25) is 0 Å². The molecule has 4 N–H and O–H groups in total. The number of methoxy groups -OCH3 is 1. The number of rotatable bonds is 10. The number of anilines is 3. The van der Waals surface area contributed by atoms with Gasteiger partial charge in [-0.2, -0.15) is 0 Å². The third-order valence-electron chi connectivity index (χ3n) is 5.39. The number of hydrogen-bond acceptors (Lipinski definition) is 7. The number of halogens is 1. The van der Waals surface area contributed by atoms with E-state index in [0.29, 0.717) is 33.8 Å². The Balaban J connectivity index is 1.50. The maximum Gasteiger partial charge on any atom is 0.349 e. The number of nitrogens with one attached hydrogen (secondary N) is 1. The molecular weight excluding hydrogens is 500 g/mol. The summed E-state index contributed by atoms with van der Waals surface area (Å²) in [6.45, 7) is 2.19. The Kier molecular flexibility index (Phi) is 7.87. The molecule has 36 heavy (non-hydrogen) atoms. The summed E-state index contributed by atoms with van der Waals surface area (Å²) in [6, 6.07) is 21.8. The molecule has 9 heteroatoms. The van der Waals surface area contributed by atoms with Crippen LogP contribution in [-0.2, 0) is 6.61 Å². The van der Waals surface area contributed by atoms with Crippen LogP contribution < -0.4 is 25.3 Å². The van der Waals surface area contributed by atoms with Crippen LogP contribution in [0, 0.1) is 0 Å². The van der Waals surface area contributed by atoms with Gasteiger partial charge in [-0.05, 0) is 42.8 Å². The van der Waals surface area contributed by atoms with Crippen LogP contribution >= 0.6 is 22.9 Å². The number of carbonyl (C=O) groups is 1. The van der Waals surface area contributed by atoms with E-state index in [1.165, 1.54) is 0 Å². The maximum absolute atomic E-state index is 11.9. The van der Waals surface area contributed by atoms with E-state index in [1.807, 2.05) is 49.4 Å². The molecule has 4 rings (SSSR count). The highest BCUT2D eigenvalue weighted by Gasteiger charge is 2.21. The number of carboxylic acids is 1. The summed E-state index contributed by atoms with van der Waals surface area (Å²) in [5, 5.41) is 14.0. The predicted octanol–water partition coefficient (Wildman–Crippen LogP) is 7.15. The lowest BCUT2D eigenvalue weighted by Gasteiger charge is -2.15. The van der Waals surface area contributed by atoms with Crippen LogP contribution in [0.1, 0.15) is 33.8 Å². The second-order valence-corrected chi connectivity index (χ2v) is 9.36. The molecule has 7 nitrogen and oxygen atoms in total. The summed E-state index contributed by atoms with van der Waals surface area (Å²) in [5.74, 6) is 0.548. The number of carboxylic acid groups (broad SMARTS) is 1. The van der Waals surface area contributed by atoms with Crippen molar-refractivity contribution in [1.82, 2.24) is 0 Å². The quantitative estimate of drug-likeness (QED) is 0.189. The maximum atomic E-state index is 11.9. The van der Waals surface area contributed by atoms with Crippen molar-refractivity contribution < 1.29 is 24.1 Å². The van der Waals surface area contributed by atoms with Crippen molar-refractivity contribution in [2.45, 2.75) is 19.6 Å². The van der Waals surface area contributed by atoms with E-state index >= 15 is 0 Å². The molecule has 1 atom stereocenters. The summed E-state index contributed by atoms with van der Waals surface area (Å²) in [7, 11) is 1.62. The van der Waals surface area contributed by atoms with Gasteiger partial charge in [0.25, 0.3) is 0 Å². The summed E-state index contributed by atoms with van der Waals surface area (Å²) < 4.78 is 17.1. The molecule has 0 aliphatic rings. The van der Waals surface area contributed by atoms with Gasteiger partial charge in [0.05, 0.1) is 23.5 Å². The number of nitrogen functional groups attached to an aromatic ring is 1. The fourth-order valence-electron chi connectivity index (χ4n) is 3.49. The smallest absolute Gasteiger partial charge is 0.349 e. The zero-order valence-corrected chi connectivity index (χ0v) is 21.2. The van der Waals surface area contributed by atoms with Crippen molar-refractivity contribution >= 4 is 45.3 Å². The Bertz CT molecular complexity index is 1360. The minimum atomic E-state index is -1.08. The lowest BCUT2D eigenvalue weighted by atomic mass is 10.1. The molecule has 0 aliphatic heterocycles. The average Bonchev–Trinajstić information content (AvgIpc) is 3.27. The predicted molar refractivity (Wildman–Crippen MR) is 143 cm³/mol. The Morgan fingerprint density at radius 1 is 1.08 bits per heavy atom. The highest BCUT2D eigenvalue weighted by Crippen LogP contribution is 2.39. The van der Waals surface area contributed by atoms with Crippen LogP contribution in [0.2, 0.25) is 5.02 Å². The Labute approximate surface area is 218 Å². The van der Waals surface area contributed by atoms with E-state index < -0.39 is 12.1 Å². The van der Waals surface area contributed by atoms with Gasteiger partial charge in [0.15, 0.2) is 4.88 Å². The molecule has 0 fully saturated rings. The zero-order valence-electron chi connectivity index (χ0n) is 19.7. The number of aromatic carboxylic acids is 1. The SMILES string of the molecule is COc1ccc(COc2ccc(N)c(Nc3cc(O[C@H](C)c4ccccc4Cl)c(C(=O)O)s3)c2)cc1. The third-order valence-corrected chi connectivity index (χ3v) is 6.75. The minimum Gasteiger partial charge on any atom is -0.497 e.